The average Bonchev–Trinajstić information content (AvgIpc) is 3.14. The van der Waals surface area contributed by atoms with Crippen molar-refractivity contribution in [3.8, 4) is 5.75 Å². The molecule has 152 valence electrons. The Balaban J connectivity index is 1.76. The maximum absolute atomic E-state index is 12.7. The van der Waals surface area contributed by atoms with Gasteiger partial charge in [-0.25, -0.2) is 0 Å². The number of hydrazone groups is 1. The molecule has 1 saturated heterocycles. The van der Waals surface area contributed by atoms with Crippen molar-refractivity contribution in [1.82, 2.24) is 4.90 Å². The molecule has 1 heterocycles. The summed E-state index contributed by atoms with van der Waals surface area (Å²) in [6, 6.07) is 17.8. The molecule has 3 unspecified atom stereocenters. The number of fused-ring (bicyclic) bond motifs is 1. The lowest BCUT2D eigenvalue weighted by Crippen LogP contribution is -2.55. The van der Waals surface area contributed by atoms with Crippen molar-refractivity contribution in [3.63, 3.8) is 0 Å². The molecule has 0 aromatic heterocycles. The maximum Gasteiger partial charge on any atom is 0.122 e. The van der Waals surface area contributed by atoms with Crippen molar-refractivity contribution in [1.29, 1.82) is 0 Å². The molecule has 0 bridgehead atoms. The molecule has 4 rings (SSSR count). The van der Waals surface area contributed by atoms with Crippen LogP contribution in [0.3, 0.4) is 0 Å². The fraction of sp³-hybridized carbons (Fsp3) is 0.391. The molecule has 29 heavy (non-hydrogen) atoms. The highest BCUT2D eigenvalue weighted by Crippen LogP contribution is 2.55. The van der Waals surface area contributed by atoms with Gasteiger partial charge in [-0.2, -0.15) is 5.10 Å². The number of ether oxygens (including phenoxy) is 1. The van der Waals surface area contributed by atoms with E-state index in [0.717, 1.165) is 16.8 Å². The smallest absolute Gasteiger partial charge is 0.122 e. The molecule has 0 spiro atoms. The van der Waals surface area contributed by atoms with Crippen molar-refractivity contribution in [3.05, 3.63) is 65.7 Å². The summed E-state index contributed by atoms with van der Waals surface area (Å²) in [4.78, 5) is 14.9. The van der Waals surface area contributed by atoms with E-state index < -0.39 is 11.4 Å². The van der Waals surface area contributed by atoms with E-state index in [2.05, 4.69) is 22.1 Å². The molecule has 2 aromatic carbocycles. The van der Waals surface area contributed by atoms with Crippen LogP contribution in [0.4, 0.5) is 0 Å². The number of hydrogen-bond acceptors (Lipinski definition) is 6. The Labute approximate surface area is 171 Å². The van der Waals surface area contributed by atoms with Gasteiger partial charge in [0, 0.05) is 42.6 Å². The van der Waals surface area contributed by atoms with Gasteiger partial charge >= 0.3 is 0 Å². The summed E-state index contributed by atoms with van der Waals surface area (Å²) >= 11 is 0. The Kier molecular flexibility index (Phi) is 5.28. The second-order valence-corrected chi connectivity index (χ2v) is 7.99. The van der Waals surface area contributed by atoms with E-state index in [-0.39, 0.29) is 11.8 Å². The number of nitrogens with zero attached hydrogens (tertiary/aromatic N) is 2. The van der Waals surface area contributed by atoms with Gasteiger partial charge in [0.15, 0.2) is 0 Å². The van der Waals surface area contributed by atoms with E-state index in [1.54, 1.807) is 7.11 Å². The molecule has 2 aromatic rings. The normalized spacial score (nSPS) is 28.2. The fourth-order valence-corrected chi connectivity index (χ4v) is 5.30. The molecule has 1 aliphatic heterocycles. The Morgan fingerprint density at radius 2 is 1.93 bits per heavy atom. The van der Waals surface area contributed by atoms with E-state index in [1.807, 2.05) is 42.5 Å². The SMILES string of the molecule is COc1ccccc1C1CC/C(=N/N)C2CN(Cc3ccccc3)CC21C(=O)[O-]. The summed E-state index contributed by atoms with van der Waals surface area (Å²) in [6.45, 7) is 1.68. The van der Waals surface area contributed by atoms with Gasteiger partial charge < -0.3 is 20.5 Å². The first-order valence-electron chi connectivity index (χ1n) is 9.97. The molecule has 6 heteroatoms. The topological polar surface area (TPSA) is 91.0 Å². The average molecular weight is 392 g/mol. The first kappa shape index (κ1) is 19.5. The van der Waals surface area contributed by atoms with Crippen LogP contribution in [0.15, 0.2) is 59.7 Å². The molecule has 2 aliphatic rings. The highest BCUT2D eigenvalue weighted by molar-refractivity contribution is 5.95. The number of carboxylic acids is 1. The van der Waals surface area contributed by atoms with Gasteiger partial charge in [-0.05, 0) is 30.0 Å². The number of carbonyl (C=O) groups is 1. The zero-order chi connectivity index (χ0) is 20.4. The summed E-state index contributed by atoms with van der Waals surface area (Å²) in [5.74, 6) is 4.87. The predicted molar refractivity (Wildman–Crippen MR) is 109 cm³/mol. The lowest BCUT2D eigenvalue weighted by molar-refractivity contribution is -0.321. The van der Waals surface area contributed by atoms with Crippen LogP contribution in [0.2, 0.25) is 0 Å². The number of para-hydroxylation sites is 1. The first-order valence-corrected chi connectivity index (χ1v) is 9.97. The summed E-state index contributed by atoms with van der Waals surface area (Å²) in [6.07, 6.45) is 1.33. The van der Waals surface area contributed by atoms with Gasteiger partial charge in [-0.3, -0.25) is 4.90 Å². The van der Waals surface area contributed by atoms with Crippen LogP contribution in [0.5, 0.6) is 5.75 Å². The maximum atomic E-state index is 12.7. The predicted octanol–water partition coefficient (Wildman–Crippen LogP) is 1.76. The summed E-state index contributed by atoms with van der Waals surface area (Å²) in [7, 11) is 1.62. The molecule has 1 aliphatic carbocycles. The highest BCUT2D eigenvalue weighted by atomic mass is 16.5. The molecule has 6 nitrogen and oxygen atoms in total. The third-order valence-electron chi connectivity index (χ3n) is 6.57. The van der Waals surface area contributed by atoms with Gasteiger partial charge in [0.25, 0.3) is 0 Å². The van der Waals surface area contributed by atoms with Crippen LogP contribution < -0.4 is 15.7 Å². The molecule has 0 radical (unpaired) electrons. The van der Waals surface area contributed by atoms with Gasteiger partial charge in [0.2, 0.25) is 0 Å². The van der Waals surface area contributed by atoms with Crippen LogP contribution in [0, 0.1) is 11.3 Å². The molecule has 3 atom stereocenters. The summed E-state index contributed by atoms with van der Waals surface area (Å²) in [5.41, 5.74) is 1.76. The number of rotatable bonds is 5. The van der Waals surface area contributed by atoms with Crippen LogP contribution in [0.25, 0.3) is 0 Å². The van der Waals surface area contributed by atoms with Crippen LogP contribution >= 0.6 is 0 Å². The molecular weight excluding hydrogens is 366 g/mol. The molecule has 2 fully saturated rings. The fourth-order valence-electron chi connectivity index (χ4n) is 5.30. The highest BCUT2D eigenvalue weighted by Gasteiger charge is 2.57. The van der Waals surface area contributed by atoms with Crippen molar-refractivity contribution in [2.24, 2.45) is 22.3 Å². The van der Waals surface area contributed by atoms with Crippen molar-refractivity contribution in [2.45, 2.75) is 25.3 Å². The van der Waals surface area contributed by atoms with E-state index in [9.17, 15) is 9.90 Å². The number of aliphatic carboxylic acids is 1. The summed E-state index contributed by atoms with van der Waals surface area (Å²) < 4.78 is 5.57. The minimum atomic E-state index is -1.08. The van der Waals surface area contributed by atoms with Crippen molar-refractivity contribution >= 4 is 11.7 Å². The zero-order valence-corrected chi connectivity index (χ0v) is 16.6. The number of carbonyl (C=O) groups excluding carboxylic acids is 1. The number of carboxylic acid groups (broad SMARTS) is 1. The van der Waals surface area contributed by atoms with E-state index in [4.69, 9.17) is 10.6 Å². The number of benzene rings is 2. The second-order valence-electron chi connectivity index (χ2n) is 7.99. The minimum absolute atomic E-state index is 0.222. The van der Waals surface area contributed by atoms with Crippen LogP contribution in [-0.2, 0) is 11.3 Å². The summed E-state index contributed by atoms with van der Waals surface area (Å²) in [5, 5.41) is 16.7. The van der Waals surface area contributed by atoms with Gasteiger partial charge in [-0.1, -0.05) is 48.5 Å². The first-order chi connectivity index (χ1) is 14.1. The number of hydrogen-bond donors (Lipinski definition) is 1. The Morgan fingerprint density at radius 1 is 1.21 bits per heavy atom. The van der Waals surface area contributed by atoms with E-state index in [0.29, 0.717) is 38.2 Å². The number of nitrogens with two attached hydrogens (primary N) is 1. The van der Waals surface area contributed by atoms with Gasteiger partial charge in [0.1, 0.15) is 5.75 Å². The molecular formula is C23H26N3O3-. The quantitative estimate of drug-likeness (QED) is 0.618. The third-order valence-corrected chi connectivity index (χ3v) is 6.57. The Bertz CT molecular complexity index is 915. The Hall–Kier alpha value is -2.86. The monoisotopic (exact) mass is 392 g/mol. The standard InChI is InChI=1S/C23H27N3O3/c1-29-21-10-6-5-9-17(21)18-11-12-20(25-24)19-14-26(15-23(18,19)22(27)28)13-16-7-3-2-4-8-16/h2-10,18-19H,11-15,24H2,1H3,(H,27,28)/p-1/b25-20-. The number of likely N-dealkylation sites (tertiary alicyclic amines) is 1. The van der Waals surface area contributed by atoms with Crippen molar-refractivity contribution < 1.29 is 14.6 Å². The largest absolute Gasteiger partial charge is 0.549 e. The Morgan fingerprint density at radius 3 is 2.62 bits per heavy atom. The van der Waals surface area contributed by atoms with Gasteiger partial charge in [-0.15, -0.1) is 0 Å². The lowest BCUT2D eigenvalue weighted by Gasteiger charge is -2.47. The minimum Gasteiger partial charge on any atom is -0.549 e. The zero-order valence-electron chi connectivity index (χ0n) is 16.6. The van der Waals surface area contributed by atoms with E-state index in [1.165, 1.54) is 0 Å². The van der Waals surface area contributed by atoms with Crippen molar-refractivity contribution in [2.75, 3.05) is 20.2 Å². The van der Waals surface area contributed by atoms with Crippen LogP contribution in [-0.4, -0.2) is 36.8 Å². The molecule has 2 N–H and O–H groups in total. The number of methoxy groups -OCH3 is 1. The molecule has 1 saturated carbocycles. The van der Waals surface area contributed by atoms with E-state index >= 15 is 0 Å². The second kappa shape index (κ2) is 7.87. The van der Waals surface area contributed by atoms with Gasteiger partial charge in [0.05, 0.1) is 13.1 Å². The lowest BCUT2D eigenvalue weighted by atomic mass is 9.59. The van der Waals surface area contributed by atoms with Crippen LogP contribution in [0.1, 0.15) is 29.9 Å². The third kappa shape index (κ3) is 3.27. The molecule has 0 amide bonds.